The third-order valence-electron chi connectivity index (χ3n) is 6.42. The number of ketones is 1. The monoisotopic (exact) mass is 496 g/mol. The fourth-order valence-electron chi connectivity index (χ4n) is 4.35. The smallest absolute Gasteiger partial charge is 0.295 e. The molecule has 1 aliphatic heterocycles. The van der Waals surface area contributed by atoms with Crippen molar-refractivity contribution in [3.05, 3.63) is 59.2 Å². The zero-order valence-electron chi connectivity index (χ0n) is 21.7. The second-order valence-corrected chi connectivity index (χ2v) is 8.51. The number of amides is 1. The number of likely N-dealkylation sites (N-methyl/N-ethyl adjacent to an activating group) is 1. The van der Waals surface area contributed by atoms with Crippen molar-refractivity contribution < 1.29 is 28.9 Å². The van der Waals surface area contributed by atoms with Gasteiger partial charge >= 0.3 is 0 Å². The predicted molar refractivity (Wildman–Crippen MR) is 139 cm³/mol. The molecule has 2 aromatic carbocycles. The average molecular weight is 497 g/mol. The minimum Gasteiger partial charge on any atom is -0.507 e. The topological polar surface area (TPSA) is 88.5 Å². The average Bonchev–Trinajstić information content (AvgIpc) is 3.16. The summed E-state index contributed by atoms with van der Waals surface area (Å²) in [5, 5.41) is 11.3. The molecule has 3 rings (SSSR count). The second-order valence-electron chi connectivity index (χ2n) is 8.51. The van der Waals surface area contributed by atoms with Crippen LogP contribution in [0.25, 0.3) is 5.76 Å². The minimum atomic E-state index is -0.728. The van der Waals surface area contributed by atoms with E-state index in [0.29, 0.717) is 42.5 Å². The van der Waals surface area contributed by atoms with E-state index in [4.69, 9.17) is 14.2 Å². The van der Waals surface area contributed by atoms with Crippen LogP contribution >= 0.6 is 0 Å². The lowest BCUT2D eigenvalue weighted by Gasteiger charge is -2.28. The normalized spacial score (nSPS) is 17.1. The molecular formula is C28H36N2O6. The highest BCUT2D eigenvalue weighted by molar-refractivity contribution is 6.46. The number of methoxy groups -OCH3 is 2. The van der Waals surface area contributed by atoms with Crippen LogP contribution in [-0.4, -0.2) is 73.6 Å². The number of Topliss-reactive ketones (excluding diaryl/α,β-unsaturated/α-hetero) is 1. The zero-order chi connectivity index (χ0) is 26.2. The minimum absolute atomic E-state index is 0.0500. The first-order valence-electron chi connectivity index (χ1n) is 12.4. The molecule has 0 saturated carbocycles. The van der Waals surface area contributed by atoms with Gasteiger partial charge in [-0.3, -0.25) is 9.59 Å². The molecule has 36 heavy (non-hydrogen) atoms. The van der Waals surface area contributed by atoms with Crippen LogP contribution in [0.5, 0.6) is 17.2 Å². The third kappa shape index (κ3) is 5.65. The van der Waals surface area contributed by atoms with E-state index in [-0.39, 0.29) is 11.3 Å². The SMILES string of the molecule is CCCOc1ccc(C2/C(=C(\O)c3ccc(OC)c(OC)c3)C(=O)C(=O)N2CCN(CC)CC)cc1. The first kappa shape index (κ1) is 27.1. The molecule has 0 bridgehead atoms. The fourth-order valence-corrected chi connectivity index (χ4v) is 4.35. The number of rotatable bonds is 12. The molecule has 1 amide bonds. The maximum atomic E-state index is 13.3. The van der Waals surface area contributed by atoms with Crippen molar-refractivity contribution in [3.63, 3.8) is 0 Å². The van der Waals surface area contributed by atoms with Crippen LogP contribution in [0.2, 0.25) is 0 Å². The van der Waals surface area contributed by atoms with Gasteiger partial charge in [0.2, 0.25) is 0 Å². The van der Waals surface area contributed by atoms with Crippen molar-refractivity contribution in [2.75, 3.05) is 47.0 Å². The Balaban J connectivity index is 2.09. The molecule has 2 aromatic rings. The molecule has 0 radical (unpaired) electrons. The van der Waals surface area contributed by atoms with Crippen LogP contribution in [0, 0.1) is 0 Å². The number of hydrogen-bond donors (Lipinski definition) is 1. The van der Waals surface area contributed by atoms with Gasteiger partial charge in [-0.2, -0.15) is 0 Å². The van der Waals surface area contributed by atoms with Crippen molar-refractivity contribution in [1.82, 2.24) is 9.80 Å². The summed E-state index contributed by atoms with van der Waals surface area (Å²) in [5.74, 6) is 0.0226. The Morgan fingerprint density at radius 2 is 1.64 bits per heavy atom. The zero-order valence-corrected chi connectivity index (χ0v) is 21.7. The lowest BCUT2D eigenvalue weighted by atomic mass is 9.95. The maximum absolute atomic E-state index is 13.3. The summed E-state index contributed by atoms with van der Waals surface area (Å²) in [6, 6.07) is 11.5. The van der Waals surface area contributed by atoms with Gasteiger partial charge in [-0.25, -0.2) is 0 Å². The molecule has 0 spiro atoms. The summed E-state index contributed by atoms with van der Waals surface area (Å²) in [4.78, 5) is 30.2. The number of aliphatic hydroxyl groups is 1. The largest absolute Gasteiger partial charge is 0.507 e. The van der Waals surface area contributed by atoms with Gasteiger partial charge in [-0.1, -0.05) is 32.9 Å². The van der Waals surface area contributed by atoms with E-state index in [0.717, 1.165) is 25.1 Å². The molecule has 8 heteroatoms. The summed E-state index contributed by atoms with van der Waals surface area (Å²) in [7, 11) is 3.02. The molecule has 1 heterocycles. The van der Waals surface area contributed by atoms with Crippen molar-refractivity contribution in [2.24, 2.45) is 0 Å². The highest BCUT2D eigenvalue weighted by atomic mass is 16.5. The summed E-state index contributed by atoms with van der Waals surface area (Å²) in [5.41, 5.74) is 1.14. The molecule has 1 aliphatic rings. The molecule has 1 unspecified atom stereocenters. The van der Waals surface area contributed by atoms with Gasteiger partial charge in [0.25, 0.3) is 11.7 Å². The Morgan fingerprint density at radius 1 is 0.972 bits per heavy atom. The second kappa shape index (κ2) is 12.4. The number of hydrogen-bond acceptors (Lipinski definition) is 7. The summed E-state index contributed by atoms with van der Waals surface area (Å²) in [6.45, 7) is 9.38. The van der Waals surface area contributed by atoms with E-state index in [9.17, 15) is 14.7 Å². The van der Waals surface area contributed by atoms with E-state index in [1.165, 1.54) is 14.2 Å². The number of benzene rings is 2. The number of likely N-dealkylation sites (tertiary alicyclic amines) is 1. The molecule has 194 valence electrons. The molecule has 1 N–H and O–H groups in total. The molecule has 1 saturated heterocycles. The summed E-state index contributed by atoms with van der Waals surface area (Å²) in [6.07, 6.45) is 0.887. The molecule has 0 aliphatic carbocycles. The van der Waals surface area contributed by atoms with Crippen LogP contribution < -0.4 is 14.2 Å². The van der Waals surface area contributed by atoms with E-state index in [1.54, 1.807) is 23.1 Å². The number of carbonyl (C=O) groups is 2. The van der Waals surface area contributed by atoms with Crippen LogP contribution in [0.3, 0.4) is 0 Å². The Kier molecular flexibility index (Phi) is 9.36. The predicted octanol–water partition coefficient (Wildman–Crippen LogP) is 4.26. The highest BCUT2D eigenvalue weighted by Gasteiger charge is 2.46. The van der Waals surface area contributed by atoms with Gasteiger partial charge in [0, 0.05) is 18.7 Å². The quantitative estimate of drug-likeness (QED) is 0.267. The summed E-state index contributed by atoms with van der Waals surface area (Å²) >= 11 is 0. The van der Waals surface area contributed by atoms with Gasteiger partial charge < -0.3 is 29.1 Å². The van der Waals surface area contributed by atoms with Crippen LogP contribution in [0.1, 0.15) is 44.4 Å². The van der Waals surface area contributed by atoms with Gasteiger partial charge in [-0.05, 0) is 55.4 Å². The van der Waals surface area contributed by atoms with Crippen molar-refractivity contribution in [3.8, 4) is 17.2 Å². The van der Waals surface area contributed by atoms with Gasteiger partial charge in [-0.15, -0.1) is 0 Å². The lowest BCUT2D eigenvalue weighted by Crippen LogP contribution is -2.38. The van der Waals surface area contributed by atoms with E-state index >= 15 is 0 Å². The third-order valence-corrected chi connectivity index (χ3v) is 6.42. The first-order chi connectivity index (χ1) is 17.4. The van der Waals surface area contributed by atoms with Gasteiger partial charge in [0.05, 0.1) is 32.4 Å². The number of carbonyl (C=O) groups excluding carboxylic acids is 2. The van der Waals surface area contributed by atoms with E-state index in [1.807, 2.05) is 31.2 Å². The Morgan fingerprint density at radius 3 is 2.22 bits per heavy atom. The Bertz CT molecular complexity index is 1090. The molecular weight excluding hydrogens is 460 g/mol. The van der Waals surface area contributed by atoms with E-state index in [2.05, 4.69) is 18.7 Å². The van der Waals surface area contributed by atoms with Crippen LogP contribution in [0.15, 0.2) is 48.0 Å². The van der Waals surface area contributed by atoms with Crippen LogP contribution in [0.4, 0.5) is 0 Å². The van der Waals surface area contributed by atoms with Crippen molar-refractivity contribution in [2.45, 2.75) is 33.2 Å². The molecule has 1 fully saturated rings. The number of nitrogens with zero attached hydrogens (tertiary/aromatic N) is 2. The maximum Gasteiger partial charge on any atom is 0.295 e. The Labute approximate surface area is 213 Å². The van der Waals surface area contributed by atoms with Gasteiger partial charge in [0.15, 0.2) is 11.5 Å². The first-order valence-corrected chi connectivity index (χ1v) is 12.4. The molecule has 0 aromatic heterocycles. The van der Waals surface area contributed by atoms with E-state index < -0.39 is 17.7 Å². The van der Waals surface area contributed by atoms with Crippen molar-refractivity contribution in [1.29, 1.82) is 0 Å². The highest BCUT2D eigenvalue weighted by Crippen LogP contribution is 2.41. The molecule has 1 atom stereocenters. The lowest BCUT2D eigenvalue weighted by molar-refractivity contribution is -0.140. The summed E-state index contributed by atoms with van der Waals surface area (Å²) < 4.78 is 16.4. The van der Waals surface area contributed by atoms with Gasteiger partial charge in [0.1, 0.15) is 11.5 Å². The molecule has 8 nitrogen and oxygen atoms in total. The number of aliphatic hydroxyl groups excluding tert-OH is 1. The Hall–Kier alpha value is -3.52. The standard InChI is InChI=1S/C28H36N2O6/c1-6-17-36-21-12-9-19(10-13-21)25-24(26(31)20-11-14-22(34-4)23(18-20)35-5)27(32)28(33)30(25)16-15-29(7-2)8-3/h9-14,18,25,31H,6-8,15-17H2,1-5H3/b26-24+. The van der Waals surface area contributed by atoms with Crippen molar-refractivity contribution >= 4 is 17.4 Å². The fraction of sp³-hybridized carbons (Fsp3) is 0.429. The van der Waals surface area contributed by atoms with Crippen LogP contribution in [-0.2, 0) is 9.59 Å². The number of ether oxygens (including phenoxy) is 3.